The molecule has 0 aromatic carbocycles. The number of rotatable bonds is 3. The lowest BCUT2D eigenvalue weighted by Crippen LogP contribution is -2.41. The Morgan fingerprint density at radius 2 is 2.36 bits per heavy atom. The molecule has 1 unspecified atom stereocenters. The average Bonchev–Trinajstić information content (AvgIpc) is 2.47. The van der Waals surface area contributed by atoms with Gasteiger partial charge in [-0.3, -0.25) is 4.79 Å². The van der Waals surface area contributed by atoms with E-state index in [4.69, 9.17) is 5.73 Å². The van der Waals surface area contributed by atoms with Crippen LogP contribution in [0.25, 0.3) is 0 Å². The molecule has 0 bridgehead atoms. The van der Waals surface area contributed by atoms with Crippen molar-refractivity contribution < 1.29 is 4.79 Å². The van der Waals surface area contributed by atoms with Gasteiger partial charge in [-0.05, 0) is 46.1 Å². The monoisotopic (exact) mass is 273 g/mol. The third kappa shape index (κ3) is 1.78. The molecule has 0 aliphatic heterocycles. The second-order valence-corrected chi connectivity index (χ2v) is 5.45. The minimum atomic E-state index is -0.293. The van der Waals surface area contributed by atoms with Gasteiger partial charge in [-0.15, -0.1) is 11.3 Å². The number of nitrogens with two attached hydrogens (primary N) is 1. The van der Waals surface area contributed by atoms with E-state index < -0.39 is 0 Å². The number of halogens is 1. The predicted molar refractivity (Wildman–Crippen MR) is 61.7 cm³/mol. The number of Topliss-reactive ketones (excluding diaryl/α,β-unsaturated/α-hetero) is 1. The highest BCUT2D eigenvalue weighted by Gasteiger charge is 2.31. The molecule has 0 radical (unpaired) electrons. The van der Waals surface area contributed by atoms with E-state index in [0.29, 0.717) is 5.92 Å². The van der Waals surface area contributed by atoms with Gasteiger partial charge in [-0.1, -0.05) is 6.42 Å². The summed E-state index contributed by atoms with van der Waals surface area (Å²) in [6, 6.07) is 1.60. The first-order valence-corrected chi connectivity index (χ1v) is 6.40. The first-order chi connectivity index (χ1) is 6.70. The van der Waals surface area contributed by atoms with Crippen LogP contribution in [0.1, 0.15) is 28.9 Å². The van der Waals surface area contributed by atoms with Crippen molar-refractivity contribution in [2.24, 2.45) is 11.7 Å². The largest absolute Gasteiger partial charge is 0.321 e. The zero-order valence-corrected chi connectivity index (χ0v) is 10.1. The Morgan fingerprint density at radius 3 is 2.79 bits per heavy atom. The molecule has 76 valence electrons. The van der Waals surface area contributed by atoms with Crippen LogP contribution in [-0.2, 0) is 0 Å². The van der Waals surface area contributed by atoms with Crippen LogP contribution in [0.15, 0.2) is 15.9 Å². The average molecular weight is 274 g/mol. The standard InChI is InChI=1S/C10H12BrNOS/c11-7-4-5-14-10(7)9(13)8(12)6-2-1-3-6/h4-6,8H,1-3,12H2. The van der Waals surface area contributed by atoms with Crippen molar-refractivity contribution >= 4 is 33.0 Å². The van der Waals surface area contributed by atoms with E-state index >= 15 is 0 Å². The van der Waals surface area contributed by atoms with Gasteiger partial charge in [-0.25, -0.2) is 0 Å². The molecule has 2 nitrogen and oxygen atoms in total. The molecule has 4 heteroatoms. The molecular formula is C10H12BrNOS. The third-order valence-electron chi connectivity index (χ3n) is 2.80. The van der Waals surface area contributed by atoms with Gasteiger partial charge in [0, 0.05) is 4.47 Å². The summed E-state index contributed by atoms with van der Waals surface area (Å²) in [4.78, 5) is 12.7. The molecule has 1 aromatic heterocycles. The van der Waals surface area contributed by atoms with Gasteiger partial charge in [0.25, 0.3) is 0 Å². The van der Waals surface area contributed by atoms with Crippen LogP contribution in [0.3, 0.4) is 0 Å². The lowest BCUT2D eigenvalue weighted by molar-refractivity contribution is 0.0900. The van der Waals surface area contributed by atoms with E-state index in [2.05, 4.69) is 15.9 Å². The van der Waals surface area contributed by atoms with E-state index in [1.807, 2.05) is 11.4 Å². The summed E-state index contributed by atoms with van der Waals surface area (Å²) in [7, 11) is 0. The Morgan fingerprint density at radius 1 is 1.64 bits per heavy atom. The van der Waals surface area contributed by atoms with Crippen LogP contribution < -0.4 is 5.73 Å². The first kappa shape index (κ1) is 10.3. The van der Waals surface area contributed by atoms with Crippen molar-refractivity contribution in [1.82, 2.24) is 0 Å². The second-order valence-electron chi connectivity index (χ2n) is 3.68. The molecule has 0 amide bonds. The van der Waals surface area contributed by atoms with Crippen molar-refractivity contribution in [2.75, 3.05) is 0 Å². The maximum Gasteiger partial charge on any atom is 0.190 e. The molecule has 1 saturated carbocycles. The van der Waals surface area contributed by atoms with Crippen molar-refractivity contribution in [2.45, 2.75) is 25.3 Å². The summed E-state index contributed by atoms with van der Waals surface area (Å²) in [6.45, 7) is 0. The van der Waals surface area contributed by atoms with Gasteiger partial charge in [0.1, 0.15) is 0 Å². The van der Waals surface area contributed by atoms with Gasteiger partial charge >= 0.3 is 0 Å². The van der Waals surface area contributed by atoms with Crippen LogP contribution in [0.2, 0.25) is 0 Å². The van der Waals surface area contributed by atoms with Gasteiger partial charge in [-0.2, -0.15) is 0 Å². The van der Waals surface area contributed by atoms with Crippen molar-refractivity contribution in [1.29, 1.82) is 0 Å². The molecule has 2 N–H and O–H groups in total. The lowest BCUT2D eigenvalue weighted by Gasteiger charge is -2.29. The normalized spacial score (nSPS) is 19.0. The molecule has 1 aliphatic rings. The van der Waals surface area contributed by atoms with Gasteiger partial charge in [0.05, 0.1) is 10.9 Å². The van der Waals surface area contributed by atoms with Crippen LogP contribution in [0.5, 0.6) is 0 Å². The summed E-state index contributed by atoms with van der Waals surface area (Å²) in [6.07, 6.45) is 3.43. The van der Waals surface area contributed by atoms with Crippen LogP contribution in [0, 0.1) is 5.92 Å². The number of ketones is 1. The molecule has 1 aromatic rings. The maximum absolute atomic E-state index is 11.9. The van der Waals surface area contributed by atoms with E-state index in [1.165, 1.54) is 17.8 Å². The molecule has 2 rings (SSSR count). The number of carbonyl (C=O) groups excluding carboxylic acids is 1. The molecular weight excluding hydrogens is 262 g/mol. The molecule has 0 spiro atoms. The minimum absolute atomic E-state index is 0.0941. The zero-order chi connectivity index (χ0) is 10.1. The van der Waals surface area contributed by atoms with E-state index in [-0.39, 0.29) is 11.8 Å². The number of thiophene rings is 1. The summed E-state index contributed by atoms with van der Waals surface area (Å²) in [5.41, 5.74) is 5.92. The Hall–Kier alpha value is -0.190. The molecule has 1 aliphatic carbocycles. The number of carbonyl (C=O) groups is 1. The summed E-state index contributed by atoms with van der Waals surface area (Å²) in [5.74, 6) is 0.507. The van der Waals surface area contributed by atoms with E-state index in [9.17, 15) is 4.79 Å². The Bertz CT molecular complexity index is 346. The van der Waals surface area contributed by atoms with Crippen molar-refractivity contribution in [3.05, 3.63) is 20.8 Å². The van der Waals surface area contributed by atoms with Gasteiger partial charge in [0.2, 0.25) is 0 Å². The molecule has 14 heavy (non-hydrogen) atoms. The summed E-state index contributed by atoms with van der Waals surface area (Å²) >= 11 is 4.82. The predicted octanol–water partition coefficient (Wildman–Crippen LogP) is 2.82. The van der Waals surface area contributed by atoms with Crippen LogP contribution in [-0.4, -0.2) is 11.8 Å². The summed E-state index contributed by atoms with van der Waals surface area (Å²) in [5, 5.41) is 1.91. The highest BCUT2D eigenvalue weighted by molar-refractivity contribution is 9.10. The quantitative estimate of drug-likeness (QED) is 0.861. The SMILES string of the molecule is NC(C(=O)c1sccc1Br)C1CCC1. The lowest BCUT2D eigenvalue weighted by atomic mass is 9.78. The molecule has 0 saturated heterocycles. The third-order valence-corrected chi connectivity index (χ3v) is 4.65. The van der Waals surface area contributed by atoms with E-state index in [1.54, 1.807) is 0 Å². The topological polar surface area (TPSA) is 43.1 Å². The summed E-state index contributed by atoms with van der Waals surface area (Å²) < 4.78 is 0.877. The fraction of sp³-hybridized carbons (Fsp3) is 0.500. The fourth-order valence-corrected chi connectivity index (χ4v) is 3.19. The first-order valence-electron chi connectivity index (χ1n) is 4.73. The molecule has 1 atom stereocenters. The highest BCUT2D eigenvalue weighted by atomic mass is 79.9. The van der Waals surface area contributed by atoms with Gasteiger partial charge in [0.15, 0.2) is 5.78 Å². The van der Waals surface area contributed by atoms with E-state index in [0.717, 1.165) is 22.2 Å². The van der Waals surface area contributed by atoms with Crippen LogP contribution in [0.4, 0.5) is 0 Å². The smallest absolute Gasteiger partial charge is 0.190 e. The van der Waals surface area contributed by atoms with Crippen molar-refractivity contribution in [3.63, 3.8) is 0 Å². The minimum Gasteiger partial charge on any atom is -0.321 e. The number of hydrogen-bond acceptors (Lipinski definition) is 3. The Balaban J connectivity index is 2.11. The number of hydrogen-bond donors (Lipinski definition) is 1. The highest BCUT2D eigenvalue weighted by Crippen LogP contribution is 2.32. The Kier molecular flexibility index (Phi) is 3.04. The molecule has 1 fully saturated rings. The maximum atomic E-state index is 11.9. The second kappa shape index (κ2) is 4.13. The van der Waals surface area contributed by atoms with Gasteiger partial charge < -0.3 is 5.73 Å². The zero-order valence-electron chi connectivity index (χ0n) is 7.70. The Labute approximate surface area is 95.6 Å². The molecule has 1 heterocycles. The van der Waals surface area contributed by atoms with Crippen molar-refractivity contribution in [3.8, 4) is 0 Å². The van der Waals surface area contributed by atoms with Crippen LogP contribution >= 0.6 is 27.3 Å². The fourth-order valence-electron chi connectivity index (χ4n) is 1.63.